The number of nitrogens with one attached hydrogen (secondary N) is 1. The Balaban J connectivity index is 1.79. The van der Waals surface area contributed by atoms with Gasteiger partial charge in [0.05, 0.1) is 0 Å². The van der Waals surface area contributed by atoms with Crippen molar-refractivity contribution in [1.82, 2.24) is 10.2 Å². The van der Waals surface area contributed by atoms with Crippen molar-refractivity contribution in [2.45, 2.75) is 19.5 Å². The molecule has 102 valence electrons. The Bertz CT molecular complexity index is 462. The molecule has 0 unspecified atom stereocenters. The maximum Gasteiger partial charge on any atom is 0.0230 e. The van der Waals surface area contributed by atoms with Gasteiger partial charge in [-0.3, -0.25) is 0 Å². The molecule has 0 saturated carbocycles. The highest BCUT2D eigenvalue weighted by Crippen LogP contribution is 2.11. The van der Waals surface area contributed by atoms with Gasteiger partial charge in [0.1, 0.15) is 0 Å². The Labute approximate surface area is 120 Å². The molecule has 0 atom stereocenters. The summed E-state index contributed by atoms with van der Waals surface area (Å²) >= 11 is 1.85. The summed E-state index contributed by atoms with van der Waals surface area (Å²) in [6.45, 7) is 3.07. The molecule has 1 aromatic carbocycles. The summed E-state index contributed by atoms with van der Waals surface area (Å²) in [5, 5.41) is 5.32. The molecular weight excluding hydrogens is 252 g/mol. The van der Waals surface area contributed by atoms with E-state index < -0.39 is 0 Å². The monoisotopic (exact) mass is 274 g/mol. The lowest BCUT2D eigenvalue weighted by molar-refractivity contribution is 0.332. The minimum absolute atomic E-state index is 0.939. The van der Waals surface area contributed by atoms with Crippen molar-refractivity contribution in [3.8, 4) is 0 Å². The Hall–Kier alpha value is -1.16. The van der Waals surface area contributed by atoms with E-state index in [1.807, 2.05) is 18.4 Å². The number of hydrogen-bond acceptors (Lipinski definition) is 3. The van der Waals surface area contributed by atoms with Crippen LogP contribution < -0.4 is 5.32 Å². The molecule has 0 spiro atoms. The summed E-state index contributed by atoms with van der Waals surface area (Å²) in [5.74, 6) is 0. The van der Waals surface area contributed by atoms with Crippen LogP contribution in [0.15, 0.2) is 41.8 Å². The van der Waals surface area contributed by atoms with Gasteiger partial charge in [-0.05, 0) is 43.1 Å². The van der Waals surface area contributed by atoms with E-state index in [1.165, 1.54) is 16.0 Å². The average Bonchev–Trinajstić information content (AvgIpc) is 2.92. The van der Waals surface area contributed by atoms with Crippen LogP contribution in [0, 0.1) is 0 Å². The fourth-order valence-electron chi connectivity index (χ4n) is 2.11. The lowest BCUT2D eigenvalue weighted by atomic mass is 10.1. The Kier molecular flexibility index (Phi) is 5.58. The molecule has 2 nitrogen and oxygen atoms in total. The number of thiophene rings is 1. The van der Waals surface area contributed by atoms with Gasteiger partial charge in [0, 0.05) is 24.5 Å². The van der Waals surface area contributed by atoms with Gasteiger partial charge in [-0.2, -0.15) is 0 Å². The third-order valence-corrected chi connectivity index (χ3v) is 4.11. The first-order valence-electron chi connectivity index (χ1n) is 6.71. The molecule has 0 aliphatic carbocycles. The van der Waals surface area contributed by atoms with E-state index in [1.54, 1.807) is 0 Å². The van der Waals surface area contributed by atoms with Crippen LogP contribution in [0.1, 0.15) is 16.0 Å². The van der Waals surface area contributed by atoms with Crippen LogP contribution in [0.3, 0.4) is 0 Å². The van der Waals surface area contributed by atoms with Crippen LogP contribution in [0.5, 0.6) is 0 Å². The Morgan fingerprint density at radius 3 is 2.47 bits per heavy atom. The van der Waals surface area contributed by atoms with Crippen molar-refractivity contribution in [3.05, 3.63) is 57.8 Å². The second kappa shape index (κ2) is 7.43. The van der Waals surface area contributed by atoms with Gasteiger partial charge < -0.3 is 10.2 Å². The Morgan fingerprint density at radius 2 is 1.84 bits per heavy atom. The van der Waals surface area contributed by atoms with Crippen molar-refractivity contribution in [2.24, 2.45) is 0 Å². The molecule has 0 saturated heterocycles. The zero-order chi connectivity index (χ0) is 13.5. The predicted molar refractivity (Wildman–Crippen MR) is 83.6 cm³/mol. The third-order valence-electron chi connectivity index (χ3n) is 3.18. The molecule has 0 fully saturated rings. The summed E-state index contributed by atoms with van der Waals surface area (Å²) in [5.41, 5.74) is 2.72. The summed E-state index contributed by atoms with van der Waals surface area (Å²) in [7, 11) is 4.17. The minimum Gasteiger partial charge on any atom is -0.316 e. The first-order chi connectivity index (χ1) is 9.28. The van der Waals surface area contributed by atoms with E-state index in [-0.39, 0.29) is 0 Å². The molecule has 0 aliphatic rings. The standard InChI is InChI=1S/C16H22N2S/c1-17-12-14-5-7-15(8-6-14)13-18(2)10-9-16-4-3-11-19-16/h3-8,11,17H,9-10,12-13H2,1-2H3. The lowest BCUT2D eigenvalue weighted by Gasteiger charge is -2.16. The maximum atomic E-state index is 3.17. The maximum absolute atomic E-state index is 3.17. The normalized spacial score (nSPS) is 11.1. The third kappa shape index (κ3) is 4.78. The summed E-state index contributed by atoms with van der Waals surface area (Å²) < 4.78 is 0. The predicted octanol–water partition coefficient (Wildman–Crippen LogP) is 3.14. The van der Waals surface area contributed by atoms with Crippen LogP contribution >= 0.6 is 11.3 Å². The van der Waals surface area contributed by atoms with Gasteiger partial charge in [-0.1, -0.05) is 30.3 Å². The molecule has 0 bridgehead atoms. The molecule has 2 aromatic rings. The first-order valence-corrected chi connectivity index (χ1v) is 7.59. The van der Waals surface area contributed by atoms with E-state index >= 15 is 0 Å². The molecule has 0 amide bonds. The second-order valence-electron chi connectivity index (χ2n) is 4.91. The molecule has 2 rings (SSSR count). The van der Waals surface area contributed by atoms with Gasteiger partial charge in [0.2, 0.25) is 0 Å². The fraction of sp³-hybridized carbons (Fsp3) is 0.375. The van der Waals surface area contributed by atoms with Gasteiger partial charge >= 0.3 is 0 Å². The molecule has 1 aromatic heterocycles. The van der Waals surface area contributed by atoms with Crippen LogP contribution in [-0.4, -0.2) is 25.5 Å². The molecule has 19 heavy (non-hydrogen) atoms. The summed E-state index contributed by atoms with van der Waals surface area (Å²) in [6.07, 6.45) is 1.14. The number of rotatable bonds is 7. The van der Waals surface area contributed by atoms with Gasteiger partial charge in [0.15, 0.2) is 0 Å². The van der Waals surface area contributed by atoms with Crippen molar-refractivity contribution < 1.29 is 0 Å². The van der Waals surface area contributed by atoms with E-state index in [4.69, 9.17) is 0 Å². The molecule has 3 heteroatoms. The average molecular weight is 274 g/mol. The molecule has 0 aliphatic heterocycles. The SMILES string of the molecule is CNCc1ccc(CN(C)CCc2cccs2)cc1. The quantitative estimate of drug-likeness (QED) is 0.834. The zero-order valence-electron chi connectivity index (χ0n) is 11.7. The number of hydrogen-bond donors (Lipinski definition) is 1. The van der Waals surface area contributed by atoms with Gasteiger partial charge in [-0.15, -0.1) is 11.3 Å². The Morgan fingerprint density at radius 1 is 1.11 bits per heavy atom. The van der Waals surface area contributed by atoms with Crippen molar-refractivity contribution in [1.29, 1.82) is 0 Å². The number of likely N-dealkylation sites (N-methyl/N-ethyl adjacent to an activating group) is 1. The first kappa shape index (κ1) is 14.3. The van der Waals surface area contributed by atoms with E-state index in [0.29, 0.717) is 0 Å². The highest BCUT2D eigenvalue weighted by molar-refractivity contribution is 7.09. The smallest absolute Gasteiger partial charge is 0.0230 e. The lowest BCUT2D eigenvalue weighted by Crippen LogP contribution is -2.20. The molecular formula is C16H22N2S. The molecule has 1 N–H and O–H groups in total. The summed E-state index contributed by atoms with van der Waals surface area (Å²) in [4.78, 5) is 3.85. The van der Waals surface area contributed by atoms with E-state index in [9.17, 15) is 0 Å². The molecule has 0 radical (unpaired) electrons. The van der Waals surface area contributed by atoms with Crippen molar-refractivity contribution in [2.75, 3.05) is 20.6 Å². The minimum atomic E-state index is 0.939. The van der Waals surface area contributed by atoms with Crippen LogP contribution in [0.4, 0.5) is 0 Å². The van der Waals surface area contributed by atoms with Crippen LogP contribution in [0.25, 0.3) is 0 Å². The number of benzene rings is 1. The second-order valence-corrected chi connectivity index (χ2v) is 5.95. The number of nitrogens with zero attached hydrogens (tertiary/aromatic N) is 1. The van der Waals surface area contributed by atoms with Crippen LogP contribution in [0.2, 0.25) is 0 Å². The van der Waals surface area contributed by atoms with Crippen molar-refractivity contribution >= 4 is 11.3 Å². The van der Waals surface area contributed by atoms with Crippen LogP contribution in [-0.2, 0) is 19.5 Å². The highest BCUT2D eigenvalue weighted by atomic mass is 32.1. The largest absolute Gasteiger partial charge is 0.316 e. The van der Waals surface area contributed by atoms with E-state index in [0.717, 1.165) is 26.1 Å². The molecule has 1 heterocycles. The summed E-state index contributed by atoms with van der Waals surface area (Å²) in [6, 6.07) is 13.2. The van der Waals surface area contributed by atoms with E-state index in [2.05, 4.69) is 59.0 Å². The zero-order valence-corrected chi connectivity index (χ0v) is 12.5. The van der Waals surface area contributed by atoms with Crippen molar-refractivity contribution in [3.63, 3.8) is 0 Å². The topological polar surface area (TPSA) is 15.3 Å². The highest BCUT2D eigenvalue weighted by Gasteiger charge is 2.02. The van der Waals surface area contributed by atoms with Gasteiger partial charge in [-0.25, -0.2) is 0 Å². The van der Waals surface area contributed by atoms with Gasteiger partial charge in [0.25, 0.3) is 0 Å². The fourth-order valence-corrected chi connectivity index (χ4v) is 2.81.